The Hall–Kier alpha value is -3.27. The van der Waals surface area contributed by atoms with E-state index in [4.69, 9.17) is 9.73 Å². The average molecular weight is 368 g/mol. The van der Waals surface area contributed by atoms with Crippen LogP contribution in [0.2, 0.25) is 0 Å². The first kappa shape index (κ1) is 16.9. The summed E-state index contributed by atoms with van der Waals surface area (Å²) in [5, 5.41) is 0. The highest BCUT2D eigenvalue weighted by Crippen LogP contribution is 2.30. The number of hydrogen-bond donors (Lipinski definition) is 0. The number of hydrogen-bond acceptors (Lipinski definition) is 4. The summed E-state index contributed by atoms with van der Waals surface area (Å²) in [6.07, 6.45) is 5.24. The second-order valence-corrected chi connectivity index (χ2v) is 7.36. The van der Waals surface area contributed by atoms with Crippen LogP contribution in [0.1, 0.15) is 33.4 Å². The number of carbonyl (C=O) groups is 1. The van der Waals surface area contributed by atoms with Gasteiger partial charge in [-0.2, -0.15) is 0 Å². The minimum atomic E-state index is -0.145. The number of nitrogens with zero attached hydrogens (tertiary/aromatic N) is 2. The number of aromatic nitrogens is 1. The van der Waals surface area contributed by atoms with Crippen molar-refractivity contribution in [3.8, 4) is 0 Å². The molecule has 0 fully saturated rings. The number of cyclic esters (lactones) is 1. The fourth-order valence-electron chi connectivity index (χ4n) is 4.11. The van der Waals surface area contributed by atoms with Gasteiger partial charge in [0, 0.05) is 36.4 Å². The number of aliphatic imine (C=N–C) groups is 1. The summed E-state index contributed by atoms with van der Waals surface area (Å²) in [5.74, 6) is -0.145. The van der Waals surface area contributed by atoms with Crippen LogP contribution in [0, 0.1) is 0 Å². The van der Waals surface area contributed by atoms with Crippen molar-refractivity contribution >= 4 is 11.7 Å². The molecule has 0 radical (unpaired) electrons. The summed E-state index contributed by atoms with van der Waals surface area (Å²) in [6, 6.07) is 18.5. The predicted octanol–water partition coefficient (Wildman–Crippen LogP) is 3.69. The molecule has 5 rings (SSSR count). The van der Waals surface area contributed by atoms with Crippen molar-refractivity contribution in [3.63, 3.8) is 0 Å². The standard InChI is InChI=1S/C24H20N2O2/c27-23-14-18-11-20-15-26-24(17-6-8-25-9-7-17)22(20)13-19(18)12-21(28-23)10-16-4-2-1-3-5-16/h1-9,11,13,21H,10,12,14-15H2. The Balaban J connectivity index is 1.48. The molecule has 3 heterocycles. The van der Waals surface area contributed by atoms with Gasteiger partial charge in [-0.25, -0.2) is 0 Å². The summed E-state index contributed by atoms with van der Waals surface area (Å²) in [7, 11) is 0. The number of carbonyl (C=O) groups excluding carboxylic acids is 1. The molecular formula is C24H20N2O2. The van der Waals surface area contributed by atoms with Crippen LogP contribution in [0.25, 0.3) is 0 Å². The first-order chi connectivity index (χ1) is 13.8. The lowest BCUT2D eigenvalue weighted by molar-refractivity contribution is -0.147. The first-order valence-electron chi connectivity index (χ1n) is 9.59. The predicted molar refractivity (Wildman–Crippen MR) is 107 cm³/mol. The third-order valence-corrected chi connectivity index (χ3v) is 5.43. The highest BCUT2D eigenvalue weighted by molar-refractivity contribution is 6.15. The molecule has 0 bridgehead atoms. The van der Waals surface area contributed by atoms with Crippen LogP contribution in [0.5, 0.6) is 0 Å². The molecule has 138 valence electrons. The molecule has 2 aromatic carbocycles. The lowest BCUT2D eigenvalue weighted by Crippen LogP contribution is -2.21. The van der Waals surface area contributed by atoms with E-state index in [0.29, 0.717) is 13.0 Å². The summed E-state index contributed by atoms with van der Waals surface area (Å²) >= 11 is 0. The molecule has 0 saturated carbocycles. The van der Waals surface area contributed by atoms with Gasteiger partial charge in [0.2, 0.25) is 0 Å². The maximum atomic E-state index is 12.4. The van der Waals surface area contributed by atoms with E-state index in [1.54, 1.807) is 12.4 Å². The highest BCUT2D eigenvalue weighted by Gasteiger charge is 2.26. The molecule has 0 spiro atoms. The zero-order valence-corrected chi connectivity index (χ0v) is 15.5. The number of esters is 1. The van der Waals surface area contributed by atoms with Gasteiger partial charge in [-0.15, -0.1) is 0 Å². The Labute approximate surface area is 163 Å². The highest BCUT2D eigenvalue weighted by atomic mass is 16.5. The number of pyridine rings is 1. The van der Waals surface area contributed by atoms with Gasteiger partial charge in [-0.3, -0.25) is 14.8 Å². The van der Waals surface area contributed by atoms with Crippen molar-refractivity contribution in [2.75, 3.05) is 0 Å². The molecule has 2 aliphatic rings. The van der Waals surface area contributed by atoms with Crippen molar-refractivity contribution in [2.24, 2.45) is 4.99 Å². The molecule has 0 saturated heterocycles. The molecule has 0 aliphatic carbocycles. The normalized spacial score (nSPS) is 17.9. The minimum Gasteiger partial charge on any atom is -0.461 e. The van der Waals surface area contributed by atoms with Gasteiger partial charge in [0.1, 0.15) is 6.10 Å². The van der Waals surface area contributed by atoms with Crippen molar-refractivity contribution in [1.29, 1.82) is 0 Å². The first-order valence-corrected chi connectivity index (χ1v) is 9.59. The Kier molecular flexibility index (Phi) is 4.24. The molecule has 2 aliphatic heterocycles. The minimum absolute atomic E-state index is 0.142. The van der Waals surface area contributed by atoms with Crippen molar-refractivity contribution in [3.05, 3.63) is 100 Å². The van der Waals surface area contributed by atoms with Crippen molar-refractivity contribution < 1.29 is 9.53 Å². The maximum Gasteiger partial charge on any atom is 0.310 e. The summed E-state index contributed by atoms with van der Waals surface area (Å²) in [6.45, 7) is 0.656. The number of rotatable bonds is 3. The van der Waals surface area contributed by atoms with E-state index >= 15 is 0 Å². The van der Waals surface area contributed by atoms with E-state index in [0.717, 1.165) is 35.2 Å². The van der Waals surface area contributed by atoms with Gasteiger partial charge < -0.3 is 4.74 Å². The van der Waals surface area contributed by atoms with Crippen LogP contribution in [0.4, 0.5) is 0 Å². The van der Waals surface area contributed by atoms with Gasteiger partial charge in [0.05, 0.1) is 18.7 Å². The summed E-state index contributed by atoms with van der Waals surface area (Å²) in [5.41, 5.74) is 7.88. The topological polar surface area (TPSA) is 51.5 Å². The summed E-state index contributed by atoms with van der Waals surface area (Å²) < 4.78 is 5.76. The quantitative estimate of drug-likeness (QED) is 0.663. The largest absolute Gasteiger partial charge is 0.461 e. The van der Waals surface area contributed by atoms with Crippen LogP contribution in [0.15, 0.2) is 72.0 Å². The molecule has 28 heavy (non-hydrogen) atoms. The van der Waals surface area contributed by atoms with E-state index in [-0.39, 0.29) is 12.1 Å². The number of benzene rings is 2. The molecule has 1 aromatic heterocycles. The SMILES string of the molecule is O=C1Cc2cc3c(cc2CC(Cc2ccccc2)O1)C(c1ccncc1)=NC3. The lowest BCUT2D eigenvalue weighted by Gasteiger charge is -2.16. The van der Waals surface area contributed by atoms with Gasteiger partial charge in [0.15, 0.2) is 0 Å². The average Bonchev–Trinajstić information content (AvgIpc) is 3.05. The van der Waals surface area contributed by atoms with Crippen LogP contribution < -0.4 is 0 Å². The molecule has 4 heteroatoms. The third kappa shape index (κ3) is 3.22. The van der Waals surface area contributed by atoms with E-state index in [9.17, 15) is 4.79 Å². The Morgan fingerprint density at radius 3 is 2.61 bits per heavy atom. The van der Waals surface area contributed by atoms with Crippen LogP contribution in [-0.2, 0) is 35.3 Å². The molecule has 1 unspecified atom stereocenters. The Morgan fingerprint density at radius 1 is 0.964 bits per heavy atom. The zero-order valence-electron chi connectivity index (χ0n) is 15.5. The van der Waals surface area contributed by atoms with Crippen LogP contribution in [0.3, 0.4) is 0 Å². The lowest BCUT2D eigenvalue weighted by atomic mass is 9.91. The number of fused-ring (bicyclic) bond motifs is 2. The van der Waals surface area contributed by atoms with Gasteiger partial charge in [-0.1, -0.05) is 36.4 Å². The van der Waals surface area contributed by atoms with Crippen molar-refractivity contribution in [1.82, 2.24) is 4.98 Å². The second-order valence-electron chi connectivity index (χ2n) is 7.36. The maximum absolute atomic E-state index is 12.4. The molecular weight excluding hydrogens is 348 g/mol. The van der Waals surface area contributed by atoms with E-state index in [2.05, 4.69) is 29.2 Å². The smallest absolute Gasteiger partial charge is 0.310 e. The zero-order chi connectivity index (χ0) is 18.9. The van der Waals surface area contributed by atoms with Crippen LogP contribution >= 0.6 is 0 Å². The third-order valence-electron chi connectivity index (χ3n) is 5.43. The van der Waals surface area contributed by atoms with Gasteiger partial charge in [0.25, 0.3) is 0 Å². The Morgan fingerprint density at radius 2 is 1.79 bits per heavy atom. The van der Waals surface area contributed by atoms with Gasteiger partial charge >= 0.3 is 5.97 Å². The number of ether oxygens (including phenoxy) is 1. The van der Waals surface area contributed by atoms with E-state index in [1.165, 1.54) is 16.7 Å². The molecule has 1 atom stereocenters. The van der Waals surface area contributed by atoms with Crippen molar-refractivity contribution in [2.45, 2.75) is 31.9 Å². The van der Waals surface area contributed by atoms with E-state index < -0.39 is 0 Å². The van der Waals surface area contributed by atoms with E-state index in [1.807, 2.05) is 30.3 Å². The summed E-state index contributed by atoms with van der Waals surface area (Å²) in [4.78, 5) is 21.2. The molecule has 4 nitrogen and oxygen atoms in total. The fourth-order valence-corrected chi connectivity index (χ4v) is 4.11. The molecule has 0 N–H and O–H groups in total. The Bertz CT molecular complexity index is 1060. The van der Waals surface area contributed by atoms with Crippen LogP contribution in [-0.4, -0.2) is 22.8 Å². The molecule has 0 amide bonds. The fraction of sp³-hybridized carbons (Fsp3) is 0.208. The van der Waals surface area contributed by atoms with Gasteiger partial charge in [-0.05, 0) is 40.5 Å². The monoisotopic (exact) mass is 368 g/mol. The second kappa shape index (κ2) is 7.04. The molecule has 3 aromatic rings.